The summed E-state index contributed by atoms with van der Waals surface area (Å²) in [5.41, 5.74) is 1.97. The molecule has 0 fully saturated rings. The van der Waals surface area contributed by atoms with Gasteiger partial charge in [0.15, 0.2) is 5.65 Å². The fourth-order valence-electron chi connectivity index (χ4n) is 2.69. The summed E-state index contributed by atoms with van der Waals surface area (Å²) in [6.07, 6.45) is 1.50. The minimum Gasteiger partial charge on any atom is -0.465 e. The number of fused-ring (bicyclic) bond motifs is 4. The number of methoxy groups -OCH3 is 1. The normalized spacial score (nSPS) is 11.1. The summed E-state index contributed by atoms with van der Waals surface area (Å²) in [7, 11) is 1.36. The average Bonchev–Trinajstić information content (AvgIpc) is 2.58. The van der Waals surface area contributed by atoms with E-state index in [-0.39, 0.29) is 0 Å². The molecule has 0 saturated carbocycles. The lowest BCUT2D eigenvalue weighted by molar-refractivity contribution is 0.0600. The lowest BCUT2D eigenvalue weighted by atomic mass is 10.0. The van der Waals surface area contributed by atoms with E-state index in [1.54, 1.807) is 6.07 Å². The van der Waals surface area contributed by atoms with Crippen molar-refractivity contribution >= 4 is 38.7 Å². The van der Waals surface area contributed by atoms with Crippen molar-refractivity contribution in [2.75, 3.05) is 7.11 Å². The van der Waals surface area contributed by atoms with Gasteiger partial charge < -0.3 is 4.74 Å². The van der Waals surface area contributed by atoms with Crippen molar-refractivity contribution in [2.45, 2.75) is 0 Å². The molecule has 2 heterocycles. The van der Waals surface area contributed by atoms with Crippen LogP contribution >= 0.6 is 0 Å². The Balaban J connectivity index is 2.05. The molecule has 0 aliphatic carbocycles. The van der Waals surface area contributed by atoms with Gasteiger partial charge in [0.05, 0.1) is 18.2 Å². The van der Waals surface area contributed by atoms with E-state index in [1.807, 2.05) is 24.3 Å². The first kappa shape index (κ1) is 12.7. The van der Waals surface area contributed by atoms with Crippen molar-refractivity contribution in [3.05, 3.63) is 60.3 Å². The molecule has 22 heavy (non-hydrogen) atoms. The van der Waals surface area contributed by atoms with Crippen molar-refractivity contribution in [2.24, 2.45) is 0 Å². The monoisotopic (exact) mass is 288 g/mol. The molecule has 0 bridgehead atoms. The first-order valence-corrected chi connectivity index (χ1v) is 6.93. The number of rotatable bonds is 1. The molecule has 4 heteroatoms. The third-order valence-corrected chi connectivity index (χ3v) is 3.78. The zero-order valence-corrected chi connectivity index (χ0v) is 11.9. The molecule has 0 aliphatic heterocycles. The van der Waals surface area contributed by atoms with Crippen molar-refractivity contribution in [3.63, 3.8) is 0 Å². The summed E-state index contributed by atoms with van der Waals surface area (Å²) in [5.74, 6) is -0.395. The van der Waals surface area contributed by atoms with Crippen LogP contribution in [0.1, 0.15) is 10.4 Å². The standard InChI is InChI=1S/C18H12N2O2/c1-22-18(21)14-9-13-8-12-7-6-11-4-2-3-5-15(11)16(12)20-17(13)19-10-14/h2-10H,1H3. The third kappa shape index (κ3) is 1.89. The van der Waals surface area contributed by atoms with Gasteiger partial charge in [-0.3, -0.25) is 0 Å². The maximum Gasteiger partial charge on any atom is 0.339 e. The van der Waals surface area contributed by atoms with E-state index in [2.05, 4.69) is 28.2 Å². The van der Waals surface area contributed by atoms with Crippen LogP contribution in [0.4, 0.5) is 0 Å². The number of carbonyl (C=O) groups excluding carboxylic acids is 1. The number of ether oxygens (including phenoxy) is 1. The molecule has 0 radical (unpaired) electrons. The molecule has 0 amide bonds. The number of carbonyl (C=O) groups is 1. The van der Waals surface area contributed by atoms with Gasteiger partial charge in [0.2, 0.25) is 0 Å². The Morgan fingerprint density at radius 2 is 1.82 bits per heavy atom. The number of benzene rings is 2. The highest BCUT2D eigenvalue weighted by Gasteiger charge is 2.09. The minimum atomic E-state index is -0.395. The molecule has 0 spiro atoms. The Kier molecular flexibility index (Phi) is 2.76. The summed E-state index contributed by atoms with van der Waals surface area (Å²) < 4.78 is 4.73. The van der Waals surface area contributed by atoms with Crippen molar-refractivity contribution < 1.29 is 9.53 Å². The van der Waals surface area contributed by atoms with Gasteiger partial charge in [0, 0.05) is 22.4 Å². The van der Waals surface area contributed by atoms with Crippen LogP contribution in [0.25, 0.3) is 32.7 Å². The van der Waals surface area contributed by atoms with Crippen LogP contribution in [-0.4, -0.2) is 23.0 Å². The van der Waals surface area contributed by atoms with Crippen LogP contribution in [-0.2, 0) is 4.74 Å². The zero-order valence-electron chi connectivity index (χ0n) is 11.9. The van der Waals surface area contributed by atoms with Crippen molar-refractivity contribution in [1.82, 2.24) is 9.97 Å². The Bertz CT molecular complexity index is 1040. The Morgan fingerprint density at radius 3 is 2.68 bits per heavy atom. The average molecular weight is 288 g/mol. The van der Waals surface area contributed by atoms with Crippen LogP contribution in [0.15, 0.2) is 54.7 Å². The van der Waals surface area contributed by atoms with E-state index in [1.165, 1.54) is 13.3 Å². The maximum atomic E-state index is 11.6. The van der Waals surface area contributed by atoms with Gasteiger partial charge in [-0.25, -0.2) is 14.8 Å². The van der Waals surface area contributed by atoms with Crippen LogP contribution in [0.3, 0.4) is 0 Å². The minimum absolute atomic E-state index is 0.395. The van der Waals surface area contributed by atoms with E-state index >= 15 is 0 Å². The lowest BCUT2D eigenvalue weighted by Gasteiger charge is -2.06. The molecule has 0 aliphatic rings. The Morgan fingerprint density at radius 1 is 1.00 bits per heavy atom. The van der Waals surface area contributed by atoms with E-state index in [0.717, 1.165) is 27.1 Å². The lowest BCUT2D eigenvalue weighted by Crippen LogP contribution is -2.02. The first-order valence-electron chi connectivity index (χ1n) is 6.93. The number of pyridine rings is 2. The molecule has 4 nitrogen and oxygen atoms in total. The van der Waals surface area contributed by atoms with E-state index in [4.69, 9.17) is 4.74 Å². The summed E-state index contributed by atoms with van der Waals surface area (Å²) in [6, 6.07) is 16.0. The number of aromatic nitrogens is 2. The highest BCUT2D eigenvalue weighted by Crippen LogP contribution is 2.26. The van der Waals surface area contributed by atoms with Crippen molar-refractivity contribution in [3.8, 4) is 0 Å². The maximum absolute atomic E-state index is 11.6. The molecule has 4 aromatic rings. The molecule has 2 aromatic heterocycles. The Hall–Kier alpha value is -3.01. The summed E-state index contributed by atoms with van der Waals surface area (Å²) in [4.78, 5) is 20.6. The fraction of sp³-hybridized carbons (Fsp3) is 0.0556. The highest BCUT2D eigenvalue weighted by atomic mass is 16.5. The molecule has 2 aromatic carbocycles. The fourth-order valence-corrected chi connectivity index (χ4v) is 2.69. The second-order valence-electron chi connectivity index (χ2n) is 5.11. The number of hydrogen-bond donors (Lipinski definition) is 0. The Labute approximate surface area is 126 Å². The quantitative estimate of drug-likeness (QED) is 0.304. The number of esters is 1. The largest absolute Gasteiger partial charge is 0.465 e. The van der Waals surface area contributed by atoms with Gasteiger partial charge in [-0.1, -0.05) is 36.4 Å². The van der Waals surface area contributed by atoms with Crippen LogP contribution in [0, 0.1) is 0 Å². The summed E-state index contributed by atoms with van der Waals surface area (Å²) >= 11 is 0. The van der Waals surface area contributed by atoms with Crippen LogP contribution in [0.5, 0.6) is 0 Å². The molecule has 0 N–H and O–H groups in total. The van der Waals surface area contributed by atoms with Gasteiger partial charge in [0.25, 0.3) is 0 Å². The predicted molar refractivity (Wildman–Crippen MR) is 85.9 cm³/mol. The third-order valence-electron chi connectivity index (χ3n) is 3.78. The van der Waals surface area contributed by atoms with E-state index in [0.29, 0.717) is 11.2 Å². The predicted octanol–water partition coefficient (Wildman–Crippen LogP) is 3.72. The van der Waals surface area contributed by atoms with Crippen molar-refractivity contribution in [1.29, 1.82) is 0 Å². The number of nitrogens with zero attached hydrogens (tertiary/aromatic N) is 2. The second-order valence-corrected chi connectivity index (χ2v) is 5.11. The first-order chi connectivity index (χ1) is 10.8. The van der Waals surface area contributed by atoms with Gasteiger partial charge in [-0.05, 0) is 17.5 Å². The molecule has 0 saturated heterocycles. The molecule has 0 atom stereocenters. The van der Waals surface area contributed by atoms with Crippen LogP contribution in [0.2, 0.25) is 0 Å². The molecule has 4 rings (SSSR count). The highest BCUT2D eigenvalue weighted by molar-refractivity contribution is 6.08. The van der Waals surface area contributed by atoms with E-state index in [9.17, 15) is 4.79 Å². The summed E-state index contributed by atoms with van der Waals surface area (Å²) in [5, 5.41) is 4.09. The van der Waals surface area contributed by atoms with Crippen LogP contribution < -0.4 is 0 Å². The van der Waals surface area contributed by atoms with Gasteiger partial charge >= 0.3 is 5.97 Å². The van der Waals surface area contributed by atoms with Gasteiger partial charge in [0.1, 0.15) is 0 Å². The van der Waals surface area contributed by atoms with Gasteiger partial charge in [-0.15, -0.1) is 0 Å². The van der Waals surface area contributed by atoms with E-state index < -0.39 is 5.97 Å². The zero-order chi connectivity index (χ0) is 15.1. The van der Waals surface area contributed by atoms with Gasteiger partial charge in [-0.2, -0.15) is 0 Å². The molecule has 0 unspecified atom stereocenters. The molecular formula is C18H12N2O2. The number of hydrogen-bond acceptors (Lipinski definition) is 4. The smallest absolute Gasteiger partial charge is 0.339 e. The second kappa shape index (κ2) is 4.77. The SMILES string of the molecule is COC(=O)c1cnc2nc3c(ccc4ccccc43)cc2c1. The summed E-state index contributed by atoms with van der Waals surface area (Å²) in [6.45, 7) is 0. The molecule has 106 valence electrons. The topological polar surface area (TPSA) is 52.1 Å². The molecular weight excluding hydrogens is 276 g/mol.